The highest BCUT2D eigenvalue weighted by molar-refractivity contribution is 7.09. The number of urea groups is 1. The summed E-state index contributed by atoms with van der Waals surface area (Å²) in [5.41, 5.74) is 1.28. The minimum absolute atomic E-state index is 0.0176. The van der Waals surface area contributed by atoms with E-state index in [9.17, 15) is 4.79 Å². The van der Waals surface area contributed by atoms with Crippen LogP contribution in [0.5, 0.6) is 0 Å². The van der Waals surface area contributed by atoms with Gasteiger partial charge in [0.1, 0.15) is 5.01 Å². The van der Waals surface area contributed by atoms with Gasteiger partial charge in [0, 0.05) is 24.4 Å². The summed E-state index contributed by atoms with van der Waals surface area (Å²) in [6.45, 7) is 5.98. The minimum atomic E-state index is -0.477. The summed E-state index contributed by atoms with van der Waals surface area (Å²) in [6, 6.07) is 7.41. The van der Waals surface area contributed by atoms with Gasteiger partial charge >= 0.3 is 6.03 Å². The molecule has 0 saturated carbocycles. The van der Waals surface area contributed by atoms with E-state index in [2.05, 4.69) is 15.6 Å². The van der Waals surface area contributed by atoms with Gasteiger partial charge in [0.25, 0.3) is 0 Å². The first-order valence-electron chi connectivity index (χ1n) is 7.60. The molecule has 5 nitrogen and oxygen atoms in total. The molecular formula is C17H23N3O2S. The molecule has 124 valence electrons. The van der Waals surface area contributed by atoms with Crippen LogP contribution in [0.25, 0.3) is 0 Å². The maximum Gasteiger partial charge on any atom is 0.320 e. The molecule has 1 aromatic heterocycles. The van der Waals surface area contributed by atoms with E-state index >= 15 is 0 Å². The predicted molar refractivity (Wildman–Crippen MR) is 93.8 cm³/mol. The molecule has 2 N–H and O–H groups in total. The number of carbonyl (C=O) groups excluding carboxylic acids is 1. The van der Waals surface area contributed by atoms with Crippen molar-refractivity contribution in [2.75, 3.05) is 12.4 Å². The zero-order valence-corrected chi connectivity index (χ0v) is 14.7. The molecule has 0 aliphatic carbocycles. The van der Waals surface area contributed by atoms with Gasteiger partial charge in [-0.3, -0.25) is 0 Å². The molecule has 0 aliphatic heterocycles. The second-order valence-corrected chi connectivity index (χ2v) is 6.50. The normalized spacial score (nSPS) is 14.8. The van der Waals surface area contributed by atoms with Gasteiger partial charge in [0.15, 0.2) is 0 Å². The summed E-state index contributed by atoms with van der Waals surface area (Å²) < 4.78 is 5.31. The molecule has 0 bridgehead atoms. The fraction of sp³-hybridized carbons (Fsp3) is 0.412. The standard InChI is InChI=1S/C17H23N3O2S/c1-5-17(3,15-18-9-10-23-15)20-16(21)19-14-8-6-7-13(11-14)12(2)22-4/h6-12H,5H2,1-4H3,(H2,19,20,21)/t12-,17+/m1/s1. The van der Waals surface area contributed by atoms with Crippen LogP contribution in [0.2, 0.25) is 0 Å². The van der Waals surface area contributed by atoms with E-state index in [1.165, 1.54) is 0 Å². The monoisotopic (exact) mass is 333 g/mol. The highest BCUT2D eigenvalue weighted by Gasteiger charge is 2.29. The average molecular weight is 333 g/mol. The Hall–Kier alpha value is -1.92. The number of nitrogens with zero attached hydrogens (tertiary/aromatic N) is 1. The summed E-state index contributed by atoms with van der Waals surface area (Å²) in [7, 11) is 1.66. The van der Waals surface area contributed by atoms with Crippen molar-refractivity contribution in [3.8, 4) is 0 Å². The number of carbonyl (C=O) groups is 1. The summed E-state index contributed by atoms with van der Waals surface area (Å²) in [5.74, 6) is 0. The lowest BCUT2D eigenvalue weighted by Crippen LogP contribution is -2.45. The van der Waals surface area contributed by atoms with Gasteiger partial charge < -0.3 is 15.4 Å². The molecule has 1 aromatic carbocycles. The Bertz CT molecular complexity index is 645. The van der Waals surface area contributed by atoms with Gasteiger partial charge in [-0.15, -0.1) is 11.3 Å². The molecule has 0 radical (unpaired) electrons. The topological polar surface area (TPSA) is 63.2 Å². The Labute approximate surface area is 141 Å². The van der Waals surface area contributed by atoms with Crippen LogP contribution in [0.3, 0.4) is 0 Å². The van der Waals surface area contributed by atoms with E-state index in [1.54, 1.807) is 24.6 Å². The lowest BCUT2D eigenvalue weighted by Gasteiger charge is -2.27. The Kier molecular flexibility index (Phi) is 5.74. The van der Waals surface area contributed by atoms with Crippen molar-refractivity contribution in [2.24, 2.45) is 0 Å². The number of amides is 2. The Morgan fingerprint density at radius 3 is 2.87 bits per heavy atom. The lowest BCUT2D eigenvalue weighted by molar-refractivity contribution is 0.119. The van der Waals surface area contributed by atoms with Crippen LogP contribution in [0.1, 0.15) is 43.9 Å². The number of hydrogen-bond acceptors (Lipinski definition) is 4. The van der Waals surface area contributed by atoms with Crippen molar-refractivity contribution in [3.05, 3.63) is 46.4 Å². The molecule has 2 atom stereocenters. The third-order valence-corrected chi connectivity index (χ3v) is 5.01. The molecule has 0 spiro atoms. The maximum absolute atomic E-state index is 12.4. The summed E-state index contributed by atoms with van der Waals surface area (Å²) in [5, 5.41) is 8.72. The SMILES string of the molecule is CC[C@](C)(NC(=O)Nc1cccc([C@@H](C)OC)c1)c1nccs1. The molecule has 6 heteroatoms. The average Bonchev–Trinajstić information content (AvgIpc) is 3.09. The summed E-state index contributed by atoms with van der Waals surface area (Å²) in [4.78, 5) is 16.7. The van der Waals surface area contributed by atoms with Gasteiger partial charge in [0.2, 0.25) is 0 Å². The van der Waals surface area contributed by atoms with Crippen molar-refractivity contribution >= 4 is 23.1 Å². The van der Waals surface area contributed by atoms with Gasteiger partial charge in [-0.05, 0) is 38.0 Å². The third kappa shape index (κ3) is 4.30. The summed E-state index contributed by atoms with van der Waals surface area (Å²) >= 11 is 1.54. The summed E-state index contributed by atoms with van der Waals surface area (Å²) in [6.07, 6.45) is 2.49. The smallest absolute Gasteiger partial charge is 0.320 e. The number of methoxy groups -OCH3 is 1. The van der Waals surface area contributed by atoms with E-state index < -0.39 is 5.54 Å². The van der Waals surface area contributed by atoms with Crippen LogP contribution in [0, 0.1) is 0 Å². The van der Waals surface area contributed by atoms with E-state index in [1.807, 2.05) is 50.4 Å². The molecule has 2 aromatic rings. The van der Waals surface area contributed by atoms with Crippen LogP contribution in [0.15, 0.2) is 35.8 Å². The Morgan fingerprint density at radius 2 is 2.26 bits per heavy atom. The number of rotatable bonds is 6. The largest absolute Gasteiger partial charge is 0.377 e. The quantitative estimate of drug-likeness (QED) is 0.828. The fourth-order valence-corrected chi connectivity index (χ4v) is 3.04. The van der Waals surface area contributed by atoms with Crippen molar-refractivity contribution in [2.45, 2.75) is 38.8 Å². The Morgan fingerprint density at radius 1 is 1.48 bits per heavy atom. The van der Waals surface area contributed by atoms with Crippen LogP contribution in [-0.2, 0) is 10.3 Å². The molecule has 0 saturated heterocycles. The third-order valence-electron chi connectivity index (χ3n) is 3.97. The van der Waals surface area contributed by atoms with Gasteiger partial charge in [-0.25, -0.2) is 9.78 Å². The number of nitrogens with one attached hydrogen (secondary N) is 2. The van der Waals surface area contributed by atoms with Crippen LogP contribution in [-0.4, -0.2) is 18.1 Å². The number of ether oxygens (including phenoxy) is 1. The number of benzene rings is 1. The lowest BCUT2D eigenvalue weighted by atomic mass is 10.0. The molecular weight excluding hydrogens is 310 g/mol. The van der Waals surface area contributed by atoms with Gasteiger partial charge in [0.05, 0.1) is 11.6 Å². The molecule has 0 fully saturated rings. The van der Waals surface area contributed by atoms with Crippen LogP contribution < -0.4 is 10.6 Å². The maximum atomic E-state index is 12.4. The number of aromatic nitrogens is 1. The molecule has 1 heterocycles. The van der Waals surface area contributed by atoms with E-state index in [-0.39, 0.29) is 12.1 Å². The van der Waals surface area contributed by atoms with Gasteiger partial charge in [-0.1, -0.05) is 19.1 Å². The predicted octanol–water partition coefficient (Wildman–Crippen LogP) is 4.30. The second kappa shape index (κ2) is 7.57. The van der Waals surface area contributed by atoms with Crippen LogP contribution >= 0.6 is 11.3 Å². The van der Waals surface area contributed by atoms with Gasteiger partial charge in [-0.2, -0.15) is 0 Å². The Balaban J connectivity index is 2.07. The highest BCUT2D eigenvalue weighted by atomic mass is 32.1. The minimum Gasteiger partial charge on any atom is -0.377 e. The second-order valence-electron chi connectivity index (χ2n) is 5.61. The number of anilines is 1. The first kappa shape index (κ1) is 17.4. The fourth-order valence-electron chi connectivity index (χ4n) is 2.21. The van der Waals surface area contributed by atoms with Crippen molar-refractivity contribution < 1.29 is 9.53 Å². The van der Waals surface area contributed by atoms with E-state index in [0.29, 0.717) is 0 Å². The zero-order valence-electron chi connectivity index (χ0n) is 13.9. The molecule has 2 amide bonds. The highest BCUT2D eigenvalue weighted by Crippen LogP contribution is 2.26. The van der Waals surface area contributed by atoms with Crippen molar-refractivity contribution in [3.63, 3.8) is 0 Å². The van der Waals surface area contributed by atoms with Crippen molar-refractivity contribution in [1.29, 1.82) is 0 Å². The molecule has 0 aliphatic rings. The van der Waals surface area contributed by atoms with Crippen molar-refractivity contribution in [1.82, 2.24) is 10.3 Å². The number of hydrogen-bond donors (Lipinski definition) is 2. The van der Waals surface area contributed by atoms with E-state index in [0.717, 1.165) is 22.7 Å². The van der Waals surface area contributed by atoms with E-state index in [4.69, 9.17) is 4.74 Å². The first-order chi connectivity index (χ1) is 11.0. The molecule has 23 heavy (non-hydrogen) atoms. The molecule has 0 unspecified atom stereocenters. The number of thiazole rings is 1. The zero-order chi connectivity index (χ0) is 16.9. The van der Waals surface area contributed by atoms with Crippen LogP contribution in [0.4, 0.5) is 10.5 Å². The molecule has 2 rings (SSSR count). The first-order valence-corrected chi connectivity index (χ1v) is 8.48.